The van der Waals surface area contributed by atoms with Gasteiger partial charge in [-0.05, 0) is 11.6 Å². The van der Waals surface area contributed by atoms with Gasteiger partial charge in [0.2, 0.25) is 0 Å². The highest BCUT2D eigenvalue weighted by molar-refractivity contribution is 5.86. The Kier molecular flexibility index (Phi) is 3.33. The summed E-state index contributed by atoms with van der Waals surface area (Å²) in [5.74, 6) is -1.81. The number of carbonyl (C=O) groups is 1. The van der Waals surface area contributed by atoms with Crippen LogP contribution in [0, 0.1) is 11.6 Å². The molecule has 0 amide bonds. The smallest absolute Gasteiger partial charge is 0.162 e. The molecule has 0 saturated carbocycles. The molecular formula is C14H16F2N2O. The van der Waals surface area contributed by atoms with Crippen LogP contribution in [-0.4, -0.2) is 54.3 Å². The predicted molar refractivity (Wildman–Crippen MR) is 66.9 cm³/mol. The lowest BCUT2D eigenvalue weighted by atomic mass is 9.98. The van der Waals surface area contributed by atoms with E-state index in [1.165, 1.54) is 12.1 Å². The van der Waals surface area contributed by atoms with E-state index in [-0.39, 0.29) is 23.8 Å². The quantitative estimate of drug-likeness (QED) is 0.818. The molecule has 3 fully saturated rings. The van der Waals surface area contributed by atoms with E-state index in [2.05, 4.69) is 9.80 Å². The maximum atomic E-state index is 13.6. The molecule has 1 aromatic carbocycles. The number of nitrogens with zero attached hydrogens (tertiary/aromatic N) is 2. The van der Waals surface area contributed by atoms with Crippen molar-refractivity contribution in [2.45, 2.75) is 12.5 Å². The summed E-state index contributed by atoms with van der Waals surface area (Å²) in [5.41, 5.74) is 0.155. The largest absolute Gasteiger partial charge is 0.299 e. The van der Waals surface area contributed by atoms with E-state index in [1.54, 1.807) is 0 Å². The minimum Gasteiger partial charge on any atom is -0.299 e. The number of rotatable bonds is 3. The standard InChI is InChI=1S/C14H16F2N2O/c15-11-3-1-2-10(14(11)16)8-13(19)12-9-17-4-6-18(12)7-5-17/h1-3,12H,4-9H2. The first-order valence-electron chi connectivity index (χ1n) is 6.57. The van der Waals surface area contributed by atoms with Gasteiger partial charge in [0, 0.05) is 39.1 Å². The van der Waals surface area contributed by atoms with Crippen molar-refractivity contribution in [1.82, 2.24) is 9.80 Å². The molecule has 1 atom stereocenters. The first-order valence-corrected chi connectivity index (χ1v) is 6.57. The normalized spacial score (nSPS) is 29.5. The van der Waals surface area contributed by atoms with E-state index in [0.29, 0.717) is 0 Å². The lowest BCUT2D eigenvalue weighted by Gasteiger charge is -2.46. The van der Waals surface area contributed by atoms with Crippen molar-refractivity contribution in [3.8, 4) is 0 Å². The molecule has 0 aromatic heterocycles. The Balaban J connectivity index is 1.73. The molecule has 1 unspecified atom stereocenters. The zero-order chi connectivity index (χ0) is 13.4. The van der Waals surface area contributed by atoms with Crippen LogP contribution in [-0.2, 0) is 11.2 Å². The van der Waals surface area contributed by atoms with E-state index in [9.17, 15) is 13.6 Å². The highest BCUT2D eigenvalue weighted by atomic mass is 19.2. The molecule has 1 aromatic rings. The van der Waals surface area contributed by atoms with Gasteiger partial charge < -0.3 is 0 Å². The molecule has 5 heteroatoms. The Hall–Kier alpha value is -1.33. The predicted octanol–water partition coefficient (Wildman–Crippen LogP) is 1.08. The Labute approximate surface area is 110 Å². The second-order valence-electron chi connectivity index (χ2n) is 5.21. The van der Waals surface area contributed by atoms with E-state index in [0.717, 1.165) is 38.8 Å². The van der Waals surface area contributed by atoms with Crippen molar-refractivity contribution >= 4 is 5.78 Å². The van der Waals surface area contributed by atoms with Gasteiger partial charge in [-0.3, -0.25) is 14.6 Å². The van der Waals surface area contributed by atoms with Crippen molar-refractivity contribution in [3.63, 3.8) is 0 Å². The molecule has 3 nitrogen and oxygen atoms in total. The number of ketones is 1. The fourth-order valence-corrected chi connectivity index (χ4v) is 2.91. The number of halogens is 2. The minimum absolute atomic E-state index is 0.0195. The second kappa shape index (κ2) is 4.98. The number of benzene rings is 1. The Morgan fingerprint density at radius 3 is 2.58 bits per heavy atom. The molecule has 3 aliphatic rings. The molecule has 19 heavy (non-hydrogen) atoms. The molecule has 3 aliphatic heterocycles. The highest BCUT2D eigenvalue weighted by Crippen LogP contribution is 2.19. The third-order valence-electron chi connectivity index (χ3n) is 4.05. The number of hydrogen-bond acceptors (Lipinski definition) is 3. The van der Waals surface area contributed by atoms with Crippen molar-refractivity contribution in [2.24, 2.45) is 0 Å². The fraction of sp³-hybridized carbons (Fsp3) is 0.500. The summed E-state index contributed by atoms with van der Waals surface area (Å²) >= 11 is 0. The van der Waals surface area contributed by atoms with Gasteiger partial charge in [0.25, 0.3) is 0 Å². The first-order chi connectivity index (χ1) is 9.15. The van der Waals surface area contributed by atoms with E-state index < -0.39 is 11.6 Å². The van der Waals surface area contributed by atoms with Crippen LogP contribution in [0.15, 0.2) is 18.2 Å². The number of hydrogen-bond donors (Lipinski definition) is 0. The molecule has 0 spiro atoms. The van der Waals surface area contributed by atoms with Gasteiger partial charge in [-0.15, -0.1) is 0 Å². The van der Waals surface area contributed by atoms with Crippen LogP contribution in [0.25, 0.3) is 0 Å². The molecule has 2 bridgehead atoms. The van der Waals surface area contributed by atoms with Gasteiger partial charge in [0.05, 0.1) is 6.04 Å². The Morgan fingerprint density at radius 1 is 1.21 bits per heavy atom. The summed E-state index contributed by atoms with van der Waals surface area (Å²) in [6.07, 6.45) is -0.0292. The molecule has 0 radical (unpaired) electrons. The van der Waals surface area contributed by atoms with Gasteiger partial charge in [-0.2, -0.15) is 0 Å². The molecule has 102 valence electrons. The zero-order valence-electron chi connectivity index (χ0n) is 10.6. The third-order valence-corrected chi connectivity index (χ3v) is 4.05. The zero-order valence-corrected chi connectivity index (χ0v) is 10.6. The Morgan fingerprint density at radius 2 is 1.95 bits per heavy atom. The highest BCUT2D eigenvalue weighted by Gasteiger charge is 2.36. The molecular weight excluding hydrogens is 250 g/mol. The minimum atomic E-state index is -0.896. The van der Waals surface area contributed by atoms with E-state index in [1.807, 2.05) is 0 Å². The maximum Gasteiger partial charge on any atom is 0.162 e. The van der Waals surface area contributed by atoms with Crippen molar-refractivity contribution in [2.75, 3.05) is 32.7 Å². The van der Waals surface area contributed by atoms with Crippen molar-refractivity contribution in [1.29, 1.82) is 0 Å². The second-order valence-corrected chi connectivity index (χ2v) is 5.21. The van der Waals surface area contributed by atoms with Crippen LogP contribution < -0.4 is 0 Å². The number of Topliss-reactive ketones (excluding diaryl/α,β-unsaturated/α-hetero) is 1. The Bertz CT molecular complexity index is 498. The van der Waals surface area contributed by atoms with Gasteiger partial charge in [0.1, 0.15) is 0 Å². The number of fused-ring (bicyclic) bond motifs is 3. The number of piperazine rings is 3. The van der Waals surface area contributed by atoms with Gasteiger partial charge in [-0.1, -0.05) is 12.1 Å². The molecule has 3 heterocycles. The molecule has 0 N–H and O–H groups in total. The van der Waals surface area contributed by atoms with Gasteiger partial charge >= 0.3 is 0 Å². The lowest BCUT2D eigenvalue weighted by molar-refractivity contribution is -0.128. The van der Waals surface area contributed by atoms with Crippen LogP contribution in [0.3, 0.4) is 0 Å². The van der Waals surface area contributed by atoms with Crippen LogP contribution in [0.2, 0.25) is 0 Å². The summed E-state index contributed by atoms with van der Waals surface area (Å²) in [6.45, 7) is 4.50. The van der Waals surface area contributed by atoms with Gasteiger partial charge in [-0.25, -0.2) is 8.78 Å². The number of carbonyl (C=O) groups excluding carboxylic acids is 1. The summed E-state index contributed by atoms with van der Waals surface area (Å²) in [6, 6.07) is 3.83. The fourth-order valence-electron chi connectivity index (χ4n) is 2.91. The maximum absolute atomic E-state index is 13.6. The first kappa shape index (κ1) is 12.7. The molecule has 4 rings (SSSR count). The van der Waals surface area contributed by atoms with Crippen molar-refractivity contribution in [3.05, 3.63) is 35.4 Å². The molecule has 0 aliphatic carbocycles. The van der Waals surface area contributed by atoms with Crippen molar-refractivity contribution < 1.29 is 13.6 Å². The van der Waals surface area contributed by atoms with Crippen LogP contribution in [0.4, 0.5) is 8.78 Å². The summed E-state index contributed by atoms with van der Waals surface area (Å²) in [5, 5.41) is 0. The topological polar surface area (TPSA) is 23.6 Å². The van der Waals surface area contributed by atoms with Crippen LogP contribution in [0.5, 0.6) is 0 Å². The molecule has 3 saturated heterocycles. The average Bonchev–Trinajstić information content (AvgIpc) is 2.45. The van der Waals surface area contributed by atoms with E-state index in [4.69, 9.17) is 0 Å². The SMILES string of the molecule is O=C(Cc1cccc(F)c1F)C1CN2CCN1CC2. The average molecular weight is 266 g/mol. The monoisotopic (exact) mass is 266 g/mol. The summed E-state index contributed by atoms with van der Waals surface area (Å²) in [7, 11) is 0. The van der Waals surface area contributed by atoms with E-state index >= 15 is 0 Å². The van der Waals surface area contributed by atoms with Gasteiger partial charge in [0.15, 0.2) is 17.4 Å². The van der Waals surface area contributed by atoms with Crippen LogP contribution >= 0.6 is 0 Å². The third kappa shape index (κ3) is 2.40. The summed E-state index contributed by atoms with van der Waals surface area (Å²) in [4.78, 5) is 16.7. The van der Waals surface area contributed by atoms with Crippen LogP contribution in [0.1, 0.15) is 5.56 Å². The lowest BCUT2D eigenvalue weighted by Crippen LogP contribution is -2.63. The summed E-state index contributed by atoms with van der Waals surface area (Å²) < 4.78 is 26.7.